The average Bonchev–Trinajstić information content (AvgIpc) is 3.07. The predicted molar refractivity (Wildman–Crippen MR) is 113 cm³/mol. The number of carbonyl (C=O) groups excluding carboxylic acids is 1. The Morgan fingerprint density at radius 2 is 1.36 bits per heavy atom. The summed E-state index contributed by atoms with van der Waals surface area (Å²) in [6, 6.07) is 20.9. The van der Waals surface area contributed by atoms with Gasteiger partial charge >= 0.3 is 0 Å². The fourth-order valence-corrected chi connectivity index (χ4v) is 4.61. The molecule has 0 spiro atoms. The largest absolute Gasteiger partial charge is 0.342 e. The number of nitrogens with zero attached hydrogens (tertiary/aromatic N) is 2. The number of nitrogens with one attached hydrogen (secondary N) is 1. The Bertz CT molecular complexity index is 693. The molecule has 0 unspecified atom stereocenters. The molecule has 2 fully saturated rings. The van der Waals surface area contributed by atoms with E-state index >= 15 is 0 Å². The minimum absolute atomic E-state index is 0.278. The van der Waals surface area contributed by atoms with Gasteiger partial charge in [0.25, 0.3) is 0 Å². The molecule has 0 aromatic heterocycles. The maximum atomic E-state index is 13.1. The van der Waals surface area contributed by atoms with Crippen LogP contribution in [0.5, 0.6) is 0 Å². The Morgan fingerprint density at radius 3 is 1.86 bits per heavy atom. The van der Waals surface area contributed by atoms with E-state index in [2.05, 4.69) is 63.6 Å². The molecule has 1 amide bonds. The second kappa shape index (κ2) is 9.35. The summed E-state index contributed by atoms with van der Waals surface area (Å²) in [6.45, 7) is 6.15. The second-order valence-corrected chi connectivity index (χ2v) is 8.25. The monoisotopic (exact) mass is 377 g/mol. The summed E-state index contributed by atoms with van der Waals surface area (Å²) in [6.07, 6.45) is 2.28. The van der Waals surface area contributed by atoms with Crippen LogP contribution in [-0.4, -0.2) is 48.4 Å². The van der Waals surface area contributed by atoms with Gasteiger partial charge in [-0.2, -0.15) is 0 Å². The van der Waals surface area contributed by atoms with Crippen LogP contribution in [0.4, 0.5) is 0 Å². The summed E-state index contributed by atoms with van der Waals surface area (Å²) in [5.74, 6) is 1.78. The number of hydrogen-bond donors (Lipinski definition) is 1. The smallest absolute Gasteiger partial charge is 0.236 e. The quantitative estimate of drug-likeness (QED) is 0.840. The highest BCUT2D eigenvalue weighted by molar-refractivity contribution is 5.78. The number of hydrogen-bond acceptors (Lipinski definition) is 3. The standard InChI is InChI=1S/C24H31N3O/c28-24(27-13-11-22-15-25-16-23(22)12-14-27)19-26(17-20-7-3-1-4-8-20)18-21-9-5-2-6-10-21/h1-10,22-23,25H,11-19H2/t22-,23+. The number of carbonyl (C=O) groups is 1. The van der Waals surface area contributed by atoms with E-state index in [0.29, 0.717) is 6.54 Å². The number of likely N-dealkylation sites (tertiary alicyclic amines) is 1. The lowest BCUT2D eigenvalue weighted by atomic mass is 9.92. The molecule has 2 aliphatic rings. The van der Waals surface area contributed by atoms with Crippen molar-refractivity contribution >= 4 is 5.91 Å². The third-order valence-electron chi connectivity index (χ3n) is 6.23. The molecular formula is C24H31N3O. The van der Waals surface area contributed by atoms with Gasteiger partial charge in [0.1, 0.15) is 0 Å². The van der Waals surface area contributed by atoms with Gasteiger partial charge in [0.05, 0.1) is 6.54 Å². The van der Waals surface area contributed by atoms with Gasteiger partial charge in [-0.15, -0.1) is 0 Å². The van der Waals surface area contributed by atoms with Crippen LogP contribution >= 0.6 is 0 Å². The van der Waals surface area contributed by atoms with Crippen LogP contribution < -0.4 is 5.32 Å². The van der Waals surface area contributed by atoms with E-state index < -0.39 is 0 Å². The first-order chi connectivity index (χ1) is 13.8. The van der Waals surface area contributed by atoms with Crippen molar-refractivity contribution in [1.29, 1.82) is 0 Å². The topological polar surface area (TPSA) is 35.6 Å². The number of rotatable bonds is 6. The van der Waals surface area contributed by atoms with Gasteiger partial charge in [-0.25, -0.2) is 0 Å². The zero-order chi connectivity index (χ0) is 19.2. The molecule has 28 heavy (non-hydrogen) atoms. The van der Waals surface area contributed by atoms with Crippen molar-refractivity contribution in [3.8, 4) is 0 Å². The molecule has 2 saturated heterocycles. The van der Waals surface area contributed by atoms with Crippen LogP contribution in [0.15, 0.2) is 60.7 Å². The van der Waals surface area contributed by atoms with Crippen LogP contribution in [-0.2, 0) is 17.9 Å². The van der Waals surface area contributed by atoms with Crippen molar-refractivity contribution < 1.29 is 4.79 Å². The molecule has 2 atom stereocenters. The molecule has 2 aliphatic heterocycles. The van der Waals surface area contributed by atoms with E-state index in [1.165, 1.54) is 11.1 Å². The van der Waals surface area contributed by atoms with Crippen molar-refractivity contribution in [3.05, 3.63) is 71.8 Å². The van der Waals surface area contributed by atoms with E-state index in [9.17, 15) is 4.79 Å². The molecule has 4 heteroatoms. The van der Waals surface area contributed by atoms with E-state index in [0.717, 1.165) is 63.9 Å². The molecule has 2 aromatic carbocycles. The molecule has 0 radical (unpaired) electrons. The van der Waals surface area contributed by atoms with E-state index in [1.54, 1.807) is 0 Å². The van der Waals surface area contributed by atoms with E-state index in [-0.39, 0.29) is 5.91 Å². The second-order valence-electron chi connectivity index (χ2n) is 8.25. The summed E-state index contributed by atoms with van der Waals surface area (Å²) in [7, 11) is 0. The van der Waals surface area contributed by atoms with Crippen LogP contribution in [0.2, 0.25) is 0 Å². The zero-order valence-electron chi connectivity index (χ0n) is 16.6. The lowest BCUT2D eigenvalue weighted by Gasteiger charge is -2.27. The molecule has 0 saturated carbocycles. The normalized spacial score (nSPS) is 22.1. The van der Waals surface area contributed by atoms with Gasteiger partial charge < -0.3 is 10.2 Å². The van der Waals surface area contributed by atoms with Crippen molar-refractivity contribution in [1.82, 2.24) is 15.1 Å². The van der Waals surface area contributed by atoms with Gasteiger partial charge in [0.2, 0.25) is 5.91 Å². The third kappa shape index (κ3) is 5.00. The van der Waals surface area contributed by atoms with Crippen LogP contribution in [0, 0.1) is 11.8 Å². The Balaban J connectivity index is 1.41. The minimum Gasteiger partial charge on any atom is -0.342 e. The summed E-state index contributed by atoms with van der Waals surface area (Å²) in [5.41, 5.74) is 2.51. The summed E-state index contributed by atoms with van der Waals surface area (Å²) < 4.78 is 0. The van der Waals surface area contributed by atoms with Crippen molar-refractivity contribution in [2.75, 3.05) is 32.7 Å². The fourth-order valence-electron chi connectivity index (χ4n) is 4.61. The maximum Gasteiger partial charge on any atom is 0.236 e. The Kier molecular flexibility index (Phi) is 6.40. The first-order valence-electron chi connectivity index (χ1n) is 10.6. The lowest BCUT2D eigenvalue weighted by molar-refractivity contribution is -0.132. The molecule has 2 heterocycles. The highest BCUT2D eigenvalue weighted by Crippen LogP contribution is 2.27. The van der Waals surface area contributed by atoms with Crippen LogP contribution in [0.25, 0.3) is 0 Å². The molecule has 0 bridgehead atoms. The summed E-state index contributed by atoms with van der Waals surface area (Å²) >= 11 is 0. The predicted octanol–water partition coefficient (Wildman–Crippen LogP) is 3.15. The molecule has 1 N–H and O–H groups in total. The molecule has 4 nitrogen and oxygen atoms in total. The number of fused-ring (bicyclic) bond motifs is 1. The molecule has 4 rings (SSSR count). The average molecular weight is 378 g/mol. The Hall–Kier alpha value is -2.17. The Morgan fingerprint density at radius 1 is 0.857 bits per heavy atom. The maximum absolute atomic E-state index is 13.1. The summed E-state index contributed by atoms with van der Waals surface area (Å²) in [5, 5.41) is 3.51. The highest BCUT2D eigenvalue weighted by atomic mass is 16.2. The van der Waals surface area contributed by atoms with Crippen LogP contribution in [0.1, 0.15) is 24.0 Å². The zero-order valence-corrected chi connectivity index (χ0v) is 16.6. The molecule has 148 valence electrons. The first kappa shape index (κ1) is 19.2. The molecule has 2 aromatic rings. The Labute approximate surface area is 168 Å². The number of amides is 1. The van der Waals surface area contributed by atoms with Gasteiger partial charge in [-0.3, -0.25) is 9.69 Å². The minimum atomic E-state index is 0.278. The van der Waals surface area contributed by atoms with Gasteiger partial charge in [0.15, 0.2) is 0 Å². The van der Waals surface area contributed by atoms with Gasteiger partial charge in [-0.1, -0.05) is 60.7 Å². The fraction of sp³-hybridized carbons (Fsp3) is 0.458. The highest BCUT2D eigenvalue weighted by Gasteiger charge is 2.31. The van der Waals surface area contributed by atoms with E-state index in [4.69, 9.17) is 0 Å². The summed E-state index contributed by atoms with van der Waals surface area (Å²) in [4.78, 5) is 17.5. The third-order valence-corrected chi connectivity index (χ3v) is 6.23. The van der Waals surface area contributed by atoms with Crippen LogP contribution in [0.3, 0.4) is 0 Å². The van der Waals surface area contributed by atoms with Gasteiger partial charge in [-0.05, 0) is 48.9 Å². The van der Waals surface area contributed by atoms with Crippen molar-refractivity contribution in [2.24, 2.45) is 11.8 Å². The van der Waals surface area contributed by atoms with Crippen molar-refractivity contribution in [2.45, 2.75) is 25.9 Å². The lowest BCUT2D eigenvalue weighted by Crippen LogP contribution is -2.40. The first-order valence-corrected chi connectivity index (χ1v) is 10.6. The SMILES string of the molecule is O=C(CN(Cc1ccccc1)Cc1ccccc1)N1CC[C@@H]2CNC[C@@H]2CC1. The van der Waals surface area contributed by atoms with E-state index in [1.807, 2.05) is 12.1 Å². The molecule has 0 aliphatic carbocycles. The van der Waals surface area contributed by atoms with Gasteiger partial charge in [0, 0.05) is 26.2 Å². The number of benzene rings is 2. The molecular weight excluding hydrogens is 346 g/mol. The van der Waals surface area contributed by atoms with Crippen molar-refractivity contribution in [3.63, 3.8) is 0 Å².